The van der Waals surface area contributed by atoms with Crippen LogP contribution in [0.2, 0.25) is 0 Å². The van der Waals surface area contributed by atoms with Gasteiger partial charge in [0.15, 0.2) is 6.10 Å². The number of carbonyl (C=O) groups excluding carboxylic acids is 1. The molecular weight excluding hydrogens is 248 g/mol. The number of aromatic nitrogens is 1. The molecule has 0 bridgehead atoms. The number of likely N-dealkylation sites (N-methyl/N-ethyl adjacent to an activating group) is 1. The Labute approximate surface area is 111 Å². The Balaban J connectivity index is 1.91. The van der Waals surface area contributed by atoms with Crippen LogP contribution in [0.1, 0.15) is 18.4 Å². The number of amides is 1. The molecule has 1 aliphatic heterocycles. The molecule has 6 nitrogen and oxygen atoms in total. The van der Waals surface area contributed by atoms with Crippen molar-refractivity contribution in [3.63, 3.8) is 0 Å². The summed E-state index contributed by atoms with van der Waals surface area (Å²) in [5.41, 5.74) is 0.922. The van der Waals surface area contributed by atoms with Crippen LogP contribution in [0.3, 0.4) is 0 Å². The molecule has 6 heteroatoms. The Morgan fingerprint density at radius 3 is 2.79 bits per heavy atom. The number of hydrogen-bond acceptors (Lipinski definition) is 4. The van der Waals surface area contributed by atoms with Gasteiger partial charge in [-0.05, 0) is 24.5 Å². The first-order chi connectivity index (χ1) is 9.08. The fraction of sp³-hybridized carbons (Fsp3) is 0.462. The summed E-state index contributed by atoms with van der Waals surface area (Å²) in [7, 11) is 1.67. The number of ether oxygens (including phenoxy) is 1. The fourth-order valence-electron chi connectivity index (χ4n) is 2.09. The lowest BCUT2D eigenvalue weighted by atomic mass is 10.1. The quantitative estimate of drug-likeness (QED) is 0.864. The highest BCUT2D eigenvalue weighted by atomic mass is 16.5. The van der Waals surface area contributed by atoms with Gasteiger partial charge in [0.2, 0.25) is 0 Å². The standard InChI is InChI=1S/C13H16N2O4/c1-15(8-9-3-2-6-14-7-9)12(16)10-4-5-11(19-10)13(17)18/h2-3,6-7,10-11H,4-5,8H2,1H3,(H,17,18)/t10-,11+/m0/s1. The molecule has 1 aliphatic rings. The number of carbonyl (C=O) groups is 2. The summed E-state index contributed by atoms with van der Waals surface area (Å²) in [6.45, 7) is 0.435. The monoisotopic (exact) mass is 264 g/mol. The summed E-state index contributed by atoms with van der Waals surface area (Å²) in [4.78, 5) is 28.4. The lowest BCUT2D eigenvalue weighted by Crippen LogP contribution is -2.36. The summed E-state index contributed by atoms with van der Waals surface area (Å²) in [6.07, 6.45) is 2.69. The van der Waals surface area contributed by atoms with E-state index < -0.39 is 18.2 Å². The van der Waals surface area contributed by atoms with E-state index in [1.165, 1.54) is 4.90 Å². The largest absolute Gasteiger partial charge is 0.479 e. The van der Waals surface area contributed by atoms with Crippen molar-refractivity contribution >= 4 is 11.9 Å². The van der Waals surface area contributed by atoms with Gasteiger partial charge in [0.1, 0.15) is 6.10 Å². The first-order valence-electron chi connectivity index (χ1n) is 6.10. The highest BCUT2D eigenvalue weighted by Crippen LogP contribution is 2.21. The highest BCUT2D eigenvalue weighted by Gasteiger charge is 2.35. The lowest BCUT2D eigenvalue weighted by Gasteiger charge is -2.20. The van der Waals surface area contributed by atoms with Crippen LogP contribution in [0.15, 0.2) is 24.5 Å². The molecule has 1 saturated heterocycles. The van der Waals surface area contributed by atoms with Crippen LogP contribution in [0.4, 0.5) is 0 Å². The Hall–Kier alpha value is -1.95. The van der Waals surface area contributed by atoms with Crippen molar-refractivity contribution in [1.82, 2.24) is 9.88 Å². The Morgan fingerprint density at radius 2 is 2.21 bits per heavy atom. The van der Waals surface area contributed by atoms with Crippen LogP contribution in [0.5, 0.6) is 0 Å². The maximum absolute atomic E-state index is 12.1. The summed E-state index contributed by atoms with van der Waals surface area (Å²) in [6, 6.07) is 3.69. The Kier molecular flexibility index (Phi) is 4.11. The van der Waals surface area contributed by atoms with Crippen LogP contribution in [0, 0.1) is 0 Å². The third kappa shape index (κ3) is 3.29. The first kappa shape index (κ1) is 13.5. The fourth-order valence-corrected chi connectivity index (χ4v) is 2.09. The lowest BCUT2D eigenvalue weighted by molar-refractivity contribution is -0.154. The maximum Gasteiger partial charge on any atom is 0.332 e. The van der Waals surface area contributed by atoms with E-state index in [-0.39, 0.29) is 5.91 Å². The number of hydrogen-bond donors (Lipinski definition) is 1. The molecule has 1 N–H and O–H groups in total. The van der Waals surface area contributed by atoms with Crippen LogP contribution in [-0.2, 0) is 20.9 Å². The molecule has 0 radical (unpaired) electrons. The molecule has 1 aromatic heterocycles. The van der Waals surface area contributed by atoms with Gasteiger partial charge in [-0.1, -0.05) is 6.07 Å². The number of carboxylic acids is 1. The van der Waals surface area contributed by atoms with Crippen LogP contribution in [0.25, 0.3) is 0 Å². The minimum atomic E-state index is -1.01. The van der Waals surface area contributed by atoms with Crippen molar-refractivity contribution < 1.29 is 19.4 Å². The van der Waals surface area contributed by atoms with E-state index in [2.05, 4.69) is 4.98 Å². The van der Waals surface area contributed by atoms with Gasteiger partial charge < -0.3 is 14.7 Å². The number of nitrogens with zero attached hydrogens (tertiary/aromatic N) is 2. The molecule has 1 fully saturated rings. The second-order valence-corrected chi connectivity index (χ2v) is 4.58. The molecule has 19 heavy (non-hydrogen) atoms. The molecule has 0 unspecified atom stereocenters. The Morgan fingerprint density at radius 1 is 1.47 bits per heavy atom. The third-order valence-corrected chi connectivity index (χ3v) is 3.09. The average Bonchev–Trinajstić information content (AvgIpc) is 2.88. The van der Waals surface area contributed by atoms with Gasteiger partial charge in [-0.25, -0.2) is 4.79 Å². The minimum absolute atomic E-state index is 0.187. The summed E-state index contributed by atoms with van der Waals surface area (Å²) >= 11 is 0. The maximum atomic E-state index is 12.1. The van der Waals surface area contributed by atoms with Crippen LogP contribution < -0.4 is 0 Å². The van der Waals surface area contributed by atoms with Crippen molar-refractivity contribution in [2.45, 2.75) is 31.6 Å². The molecule has 102 valence electrons. The van der Waals surface area contributed by atoms with E-state index in [1.54, 1.807) is 25.5 Å². The number of pyridine rings is 1. The normalized spacial score (nSPS) is 22.2. The molecule has 2 atom stereocenters. The molecule has 1 aromatic rings. The van der Waals surface area contributed by atoms with Crippen molar-refractivity contribution in [3.05, 3.63) is 30.1 Å². The van der Waals surface area contributed by atoms with Crippen molar-refractivity contribution in [1.29, 1.82) is 0 Å². The van der Waals surface area contributed by atoms with Crippen LogP contribution >= 0.6 is 0 Å². The second-order valence-electron chi connectivity index (χ2n) is 4.58. The molecule has 0 saturated carbocycles. The van der Waals surface area contributed by atoms with Gasteiger partial charge in [-0.3, -0.25) is 9.78 Å². The van der Waals surface area contributed by atoms with Gasteiger partial charge in [0.05, 0.1) is 0 Å². The van der Waals surface area contributed by atoms with Crippen LogP contribution in [-0.4, -0.2) is 46.1 Å². The van der Waals surface area contributed by atoms with Gasteiger partial charge in [0, 0.05) is 26.0 Å². The Bertz CT molecular complexity index is 463. The SMILES string of the molecule is CN(Cc1cccnc1)C(=O)[C@@H]1CC[C@H](C(=O)O)O1. The van der Waals surface area contributed by atoms with E-state index in [4.69, 9.17) is 9.84 Å². The number of rotatable bonds is 4. The van der Waals surface area contributed by atoms with E-state index in [1.807, 2.05) is 6.07 Å². The molecule has 0 aliphatic carbocycles. The average molecular weight is 264 g/mol. The number of aliphatic carboxylic acids is 1. The zero-order chi connectivity index (χ0) is 13.8. The molecule has 0 aromatic carbocycles. The summed E-state index contributed by atoms with van der Waals surface area (Å²) in [5.74, 6) is -1.20. The van der Waals surface area contributed by atoms with Gasteiger partial charge in [-0.2, -0.15) is 0 Å². The molecular formula is C13H16N2O4. The first-order valence-corrected chi connectivity index (χ1v) is 6.10. The summed E-state index contributed by atoms with van der Waals surface area (Å²) in [5, 5.41) is 8.83. The van der Waals surface area contributed by atoms with E-state index in [0.717, 1.165) is 5.56 Å². The number of carboxylic acid groups (broad SMARTS) is 1. The predicted molar refractivity (Wildman–Crippen MR) is 66.2 cm³/mol. The minimum Gasteiger partial charge on any atom is -0.479 e. The molecule has 2 heterocycles. The molecule has 1 amide bonds. The van der Waals surface area contributed by atoms with Crippen molar-refractivity contribution in [3.8, 4) is 0 Å². The van der Waals surface area contributed by atoms with E-state index >= 15 is 0 Å². The zero-order valence-electron chi connectivity index (χ0n) is 10.7. The smallest absolute Gasteiger partial charge is 0.332 e. The van der Waals surface area contributed by atoms with Gasteiger partial charge in [0.25, 0.3) is 5.91 Å². The molecule has 2 rings (SSSR count). The van der Waals surface area contributed by atoms with Crippen molar-refractivity contribution in [2.24, 2.45) is 0 Å². The third-order valence-electron chi connectivity index (χ3n) is 3.09. The van der Waals surface area contributed by atoms with Crippen molar-refractivity contribution in [2.75, 3.05) is 7.05 Å². The second kappa shape index (κ2) is 5.79. The van der Waals surface area contributed by atoms with Gasteiger partial charge >= 0.3 is 5.97 Å². The van der Waals surface area contributed by atoms with E-state index in [0.29, 0.717) is 19.4 Å². The van der Waals surface area contributed by atoms with E-state index in [9.17, 15) is 9.59 Å². The topological polar surface area (TPSA) is 79.7 Å². The zero-order valence-corrected chi connectivity index (χ0v) is 10.7. The predicted octanol–water partition coefficient (Wildman–Crippen LogP) is 0.672. The summed E-state index contributed by atoms with van der Waals surface area (Å²) < 4.78 is 5.24. The highest BCUT2D eigenvalue weighted by molar-refractivity contribution is 5.82. The van der Waals surface area contributed by atoms with Gasteiger partial charge in [-0.15, -0.1) is 0 Å². The molecule has 0 spiro atoms.